The summed E-state index contributed by atoms with van der Waals surface area (Å²) in [5.74, 6) is -0.0512. The van der Waals surface area contributed by atoms with Crippen LogP contribution in [0, 0.1) is 0 Å². The van der Waals surface area contributed by atoms with E-state index in [-0.39, 0.29) is 25.9 Å². The van der Waals surface area contributed by atoms with Crippen LogP contribution in [0.4, 0.5) is 0 Å². The largest absolute Gasteiger partial charge is 0.374 e. The lowest BCUT2D eigenvalue weighted by atomic mass is 9.85. The Bertz CT molecular complexity index is 1160. The molecule has 0 aliphatic heterocycles. The van der Waals surface area contributed by atoms with E-state index in [2.05, 4.69) is 12.1 Å². The fraction of sp³-hybridized carbons (Fsp3) is 0.125. The molecule has 0 saturated heterocycles. The van der Waals surface area contributed by atoms with Gasteiger partial charge in [-0.2, -0.15) is 0 Å². The lowest BCUT2D eigenvalue weighted by molar-refractivity contribution is 0.100. The molecule has 0 aromatic heterocycles. The minimum absolute atomic E-state index is 0.0512. The number of hydrogen-bond donors (Lipinski definition) is 0. The Morgan fingerprint density at radius 2 is 1.40 bits per heavy atom. The zero-order valence-electron chi connectivity index (χ0n) is 16.3. The van der Waals surface area contributed by atoms with E-state index in [1.54, 1.807) is 11.0 Å². The Hall–Kier alpha value is -1.97. The van der Waals surface area contributed by atoms with Gasteiger partial charge >= 0.3 is 0 Å². The van der Waals surface area contributed by atoms with Crippen LogP contribution in [0.1, 0.15) is 27.0 Å². The molecule has 0 saturated carbocycles. The monoisotopic (exact) mass is 475 g/mol. The quantitative estimate of drug-likeness (QED) is 0.472. The summed E-state index contributed by atoms with van der Waals surface area (Å²) >= 11 is 25.4. The van der Waals surface area contributed by atoms with Crippen LogP contribution in [-0.4, -0.2) is 24.8 Å². The highest BCUT2D eigenvalue weighted by atomic mass is 35.5. The highest BCUT2D eigenvalue weighted by Crippen LogP contribution is 2.49. The number of carbonyl (C=O) groups excluding carboxylic acids is 1. The molecular formula is C24H17Cl4NO. The maximum Gasteiger partial charge on any atom is 0.209 e. The minimum Gasteiger partial charge on any atom is -0.374 e. The van der Waals surface area contributed by atoms with Gasteiger partial charge in [0.15, 0.2) is 0 Å². The van der Waals surface area contributed by atoms with Crippen LogP contribution in [0.15, 0.2) is 86.0 Å². The van der Waals surface area contributed by atoms with Crippen LogP contribution in [0.5, 0.6) is 0 Å². The number of rotatable bonds is 3. The molecule has 152 valence electrons. The van der Waals surface area contributed by atoms with E-state index in [0.717, 1.165) is 23.1 Å². The normalized spacial score (nSPS) is 16.3. The first-order valence-electron chi connectivity index (χ1n) is 9.26. The number of halogens is 4. The number of allylic oxidation sites excluding steroid dienone is 8. The number of ketones is 1. The lowest BCUT2D eigenvalue weighted by Crippen LogP contribution is -2.24. The third kappa shape index (κ3) is 3.63. The molecule has 30 heavy (non-hydrogen) atoms. The first kappa shape index (κ1) is 21.3. The summed E-state index contributed by atoms with van der Waals surface area (Å²) in [4.78, 5) is 15.0. The predicted octanol–water partition coefficient (Wildman–Crippen LogP) is 7.06. The van der Waals surface area contributed by atoms with Crippen molar-refractivity contribution in [2.75, 3.05) is 14.1 Å². The summed E-state index contributed by atoms with van der Waals surface area (Å²) in [6.45, 7) is 0. The van der Waals surface area contributed by atoms with Gasteiger partial charge in [0.05, 0.1) is 25.8 Å². The SMILES string of the molecule is CN(C)C1=CC(=C2C(Cl)=C(Cl)C(Cl)=C2Cl)c2ccc(Cc3ccccc3)cc2C1=O. The molecule has 2 aliphatic rings. The van der Waals surface area contributed by atoms with Crippen molar-refractivity contribution in [1.29, 1.82) is 0 Å². The van der Waals surface area contributed by atoms with E-state index < -0.39 is 0 Å². The predicted molar refractivity (Wildman–Crippen MR) is 126 cm³/mol. The van der Waals surface area contributed by atoms with Crippen LogP contribution in [0.3, 0.4) is 0 Å². The molecule has 0 atom stereocenters. The molecule has 0 radical (unpaired) electrons. The van der Waals surface area contributed by atoms with Crippen molar-refractivity contribution in [3.8, 4) is 0 Å². The Labute approximate surface area is 195 Å². The minimum atomic E-state index is -0.0512. The van der Waals surface area contributed by atoms with E-state index in [9.17, 15) is 4.79 Å². The fourth-order valence-corrected chi connectivity index (χ4v) is 4.76. The van der Waals surface area contributed by atoms with Crippen molar-refractivity contribution in [1.82, 2.24) is 4.90 Å². The summed E-state index contributed by atoms with van der Waals surface area (Å²) in [6, 6.07) is 16.0. The first-order chi connectivity index (χ1) is 14.3. The molecule has 0 heterocycles. The Kier molecular flexibility index (Phi) is 5.87. The lowest BCUT2D eigenvalue weighted by Gasteiger charge is -2.25. The highest BCUT2D eigenvalue weighted by molar-refractivity contribution is 6.55. The summed E-state index contributed by atoms with van der Waals surface area (Å²) in [5.41, 5.74) is 5.38. The molecule has 0 fully saturated rings. The first-order valence-corrected chi connectivity index (χ1v) is 10.8. The van der Waals surface area contributed by atoms with Gasteiger partial charge in [-0.15, -0.1) is 0 Å². The van der Waals surface area contributed by atoms with E-state index in [4.69, 9.17) is 46.4 Å². The van der Waals surface area contributed by atoms with Crippen molar-refractivity contribution < 1.29 is 4.79 Å². The van der Waals surface area contributed by atoms with Gasteiger partial charge in [0.25, 0.3) is 0 Å². The number of hydrogen-bond acceptors (Lipinski definition) is 2. The van der Waals surface area contributed by atoms with Crippen molar-refractivity contribution in [2.24, 2.45) is 0 Å². The van der Waals surface area contributed by atoms with Crippen molar-refractivity contribution in [3.63, 3.8) is 0 Å². The topological polar surface area (TPSA) is 20.3 Å². The zero-order valence-corrected chi connectivity index (χ0v) is 19.3. The van der Waals surface area contributed by atoms with E-state index in [0.29, 0.717) is 16.8 Å². The number of likely N-dealkylation sites (N-methyl/N-ethyl adjacent to an activating group) is 1. The second-order valence-corrected chi connectivity index (χ2v) is 8.85. The third-order valence-electron chi connectivity index (χ3n) is 5.15. The second kappa shape index (κ2) is 8.28. The Morgan fingerprint density at radius 3 is 2.00 bits per heavy atom. The van der Waals surface area contributed by atoms with Crippen LogP contribution in [-0.2, 0) is 6.42 Å². The van der Waals surface area contributed by atoms with E-state index in [1.807, 2.05) is 50.5 Å². The van der Waals surface area contributed by atoms with Gasteiger partial charge in [0.1, 0.15) is 0 Å². The van der Waals surface area contributed by atoms with Gasteiger partial charge in [-0.3, -0.25) is 4.79 Å². The second-order valence-electron chi connectivity index (χ2n) is 7.34. The van der Waals surface area contributed by atoms with Gasteiger partial charge in [0.2, 0.25) is 5.78 Å². The molecule has 0 spiro atoms. The number of benzene rings is 2. The number of nitrogens with zero attached hydrogens (tertiary/aromatic N) is 1. The molecule has 6 heteroatoms. The fourth-order valence-electron chi connectivity index (χ4n) is 3.66. The van der Waals surface area contributed by atoms with Crippen LogP contribution in [0.2, 0.25) is 0 Å². The average Bonchev–Trinajstić information content (AvgIpc) is 2.92. The third-order valence-corrected chi connectivity index (χ3v) is 6.95. The number of Topliss-reactive ketones (excluding diaryl/α,β-unsaturated/α-hetero) is 1. The Morgan fingerprint density at radius 1 is 0.767 bits per heavy atom. The number of fused-ring (bicyclic) bond motifs is 1. The summed E-state index contributed by atoms with van der Waals surface area (Å²) in [6.07, 6.45) is 2.52. The zero-order chi connectivity index (χ0) is 21.6. The van der Waals surface area contributed by atoms with Crippen LogP contribution < -0.4 is 0 Å². The van der Waals surface area contributed by atoms with Crippen molar-refractivity contribution >= 4 is 57.8 Å². The van der Waals surface area contributed by atoms with Gasteiger partial charge < -0.3 is 4.90 Å². The van der Waals surface area contributed by atoms with Crippen molar-refractivity contribution in [2.45, 2.75) is 6.42 Å². The highest BCUT2D eigenvalue weighted by Gasteiger charge is 2.32. The van der Waals surface area contributed by atoms with Crippen molar-refractivity contribution in [3.05, 3.63) is 108 Å². The Balaban J connectivity index is 1.91. The summed E-state index contributed by atoms with van der Waals surface area (Å²) in [5, 5.41) is 0.990. The maximum absolute atomic E-state index is 13.2. The molecular weight excluding hydrogens is 460 g/mol. The maximum atomic E-state index is 13.2. The summed E-state index contributed by atoms with van der Waals surface area (Å²) < 4.78 is 0. The molecule has 4 rings (SSSR count). The molecule has 0 unspecified atom stereocenters. The molecule has 0 amide bonds. The number of carbonyl (C=O) groups is 1. The smallest absolute Gasteiger partial charge is 0.209 e. The van der Waals surface area contributed by atoms with Gasteiger partial charge in [0, 0.05) is 25.2 Å². The van der Waals surface area contributed by atoms with Crippen LogP contribution >= 0.6 is 46.4 Å². The van der Waals surface area contributed by atoms with Gasteiger partial charge in [-0.05, 0) is 40.8 Å². The molecule has 2 aliphatic carbocycles. The average molecular weight is 477 g/mol. The van der Waals surface area contributed by atoms with Gasteiger partial charge in [-0.25, -0.2) is 0 Å². The van der Waals surface area contributed by atoms with E-state index in [1.165, 1.54) is 5.56 Å². The van der Waals surface area contributed by atoms with E-state index >= 15 is 0 Å². The molecule has 2 aromatic carbocycles. The standard InChI is InChI=1S/C24H17Cl4NO/c1-29(2)18-12-16(19-20(25)22(27)23(28)21(19)26)15-9-8-14(11-17(15)24(18)30)10-13-6-4-3-5-7-13/h3-9,11-12H,10H2,1-2H3. The van der Waals surface area contributed by atoms with Gasteiger partial charge in [-0.1, -0.05) is 88.9 Å². The molecule has 2 aromatic rings. The molecule has 0 N–H and O–H groups in total. The summed E-state index contributed by atoms with van der Waals surface area (Å²) in [7, 11) is 3.66. The molecule has 2 nitrogen and oxygen atoms in total. The van der Waals surface area contributed by atoms with Crippen LogP contribution in [0.25, 0.3) is 5.57 Å². The molecule has 0 bridgehead atoms.